The molecule has 10 nitrogen and oxygen atoms in total. The fourth-order valence-electron chi connectivity index (χ4n) is 4.73. The molecule has 6 rings (SSSR count). The van der Waals surface area contributed by atoms with Crippen LogP contribution in [0.3, 0.4) is 0 Å². The number of halogens is 1. The molecule has 0 atom stereocenters. The number of nitrogens with one attached hydrogen (secondary N) is 1. The SMILES string of the molecule is Cc1nc(C)c(C(=O)Nc2ccc(F)c(-c3nc4ncc(-c5ccc(CCN6CCOCC6)cc5)cn4n3)c2)o1. The van der Waals surface area contributed by atoms with Crippen LogP contribution in [-0.4, -0.2) is 68.2 Å². The maximum atomic E-state index is 14.8. The van der Waals surface area contributed by atoms with Crippen LogP contribution in [0.4, 0.5) is 10.1 Å². The lowest BCUT2D eigenvalue weighted by atomic mass is 10.1. The van der Waals surface area contributed by atoms with E-state index in [1.54, 1.807) is 20.0 Å². The van der Waals surface area contributed by atoms with Crippen molar-refractivity contribution in [3.8, 4) is 22.5 Å². The third kappa shape index (κ3) is 5.47. The number of benzene rings is 2. The molecule has 1 amide bonds. The van der Waals surface area contributed by atoms with E-state index >= 15 is 0 Å². The molecule has 0 radical (unpaired) electrons. The fourth-order valence-corrected chi connectivity index (χ4v) is 4.73. The molecule has 1 aliphatic heterocycles. The number of aromatic nitrogens is 5. The van der Waals surface area contributed by atoms with Gasteiger partial charge in [0, 0.05) is 50.2 Å². The standard InChI is InChI=1S/C29H28FN7O3/c1-18-26(40-19(2)32-18)28(38)33-23-7-8-25(30)24(15-23)27-34-29-31-16-22(17-37(29)35-27)21-5-3-20(4-6-21)9-10-36-11-13-39-14-12-36/h3-8,15-17H,9-14H2,1-2H3,(H,33,38). The minimum Gasteiger partial charge on any atom is -0.436 e. The first kappa shape index (κ1) is 25.8. The zero-order valence-electron chi connectivity index (χ0n) is 22.2. The van der Waals surface area contributed by atoms with Crippen LogP contribution >= 0.6 is 0 Å². The van der Waals surface area contributed by atoms with E-state index in [2.05, 4.69) is 54.5 Å². The Morgan fingerprint density at radius 2 is 1.85 bits per heavy atom. The largest absolute Gasteiger partial charge is 0.436 e. The number of aryl methyl sites for hydroxylation is 2. The van der Waals surface area contributed by atoms with Crippen molar-refractivity contribution in [1.82, 2.24) is 29.5 Å². The number of carbonyl (C=O) groups is 1. The summed E-state index contributed by atoms with van der Waals surface area (Å²) in [6.45, 7) is 7.93. The predicted octanol–water partition coefficient (Wildman–Crippen LogP) is 4.33. The molecule has 11 heteroatoms. The van der Waals surface area contributed by atoms with Crippen molar-refractivity contribution >= 4 is 17.4 Å². The van der Waals surface area contributed by atoms with E-state index in [0.29, 0.717) is 23.0 Å². The van der Waals surface area contributed by atoms with Crippen LogP contribution < -0.4 is 5.32 Å². The number of hydrogen-bond acceptors (Lipinski definition) is 8. The summed E-state index contributed by atoms with van der Waals surface area (Å²) in [4.78, 5) is 28.0. The number of amides is 1. The number of ether oxygens (including phenoxy) is 1. The third-order valence-electron chi connectivity index (χ3n) is 6.88. The van der Waals surface area contributed by atoms with Crippen LogP contribution in [0.5, 0.6) is 0 Å². The van der Waals surface area contributed by atoms with E-state index in [4.69, 9.17) is 9.15 Å². The molecule has 3 aromatic heterocycles. The minimum atomic E-state index is -0.520. The summed E-state index contributed by atoms with van der Waals surface area (Å²) in [5, 5.41) is 7.19. The summed E-state index contributed by atoms with van der Waals surface area (Å²) in [6.07, 6.45) is 4.53. The second kappa shape index (κ2) is 10.9. The normalized spacial score (nSPS) is 14.1. The van der Waals surface area contributed by atoms with Gasteiger partial charge in [-0.2, -0.15) is 4.98 Å². The van der Waals surface area contributed by atoms with Gasteiger partial charge in [-0.05, 0) is 42.7 Å². The van der Waals surface area contributed by atoms with E-state index in [0.717, 1.165) is 50.4 Å². The Morgan fingerprint density at radius 3 is 2.60 bits per heavy atom. The van der Waals surface area contributed by atoms with E-state index in [9.17, 15) is 9.18 Å². The van der Waals surface area contributed by atoms with Crippen LogP contribution in [-0.2, 0) is 11.2 Å². The monoisotopic (exact) mass is 541 g/mol. The number of nitrogens with zero attached hydrogens (tertiary/aromatic N) is 6. The van der Waals surface area contributed by atoms with Crippen LogP contribution in [0.1, 0.15) is 27.7 Å². The summed E-state index contributed by atoms with van der Waals surface area (Å²) in [5.74, 6) is -0.00423. The Morgan fingerprint density at radius 1 is 1.05 bits per heavy atom. The highest BCUT2D eigenvalue weighted by Crippen LogP contribution is 2.26. The molecule has 204 valence electrons. The molecule has 5 aromatic rings. The number of morpholine rings is 1. The Balaban J connectivity index is 1.19. The van der Waals surface area contributed by atoms with Crippen LogP contribution in [0.15, 0.2) is 59.3 Å². The van der Waals surface area contributed by atoms with Gasteiger partial charge in [0.1, 0.15) is 5.82 Å². The topological polar surface area (TPSA) is 111 Å². The molecular formula is C29H28FN7O3. The zero-order chi connectivity index (χ0) is 27.6. The summed E-state index contributed by atoms with van der Waals surface area (Å²) in [6, 6.07) is 12.6. The van der Waals surface area contributed by atoms with Gasteiger partial charge in [0.2, 0.25) is 5.76 Å². The molecule has 1 fully saturated rings. The van der Waals surface area contributed by atoms with Gasteiger partial charge in [0.25, 0.3) is 11.7 Å². The van der Waals surface area contributed by atoms with Crippen molar-refractivity contribution in [3.05, 3.63) is 83.6 Å². The number of rotatable bonds is 7. The molecule has 0 unspecified atom stereocenters. The van der Waals surface area contributed by atoms with Gasteiger partial charge >= 0.3 is 0 Å². The van der Waals surface area contributed by atoms with E-state index < -0.39 is 11.7 Å². The quantitative estimate of drug-likeness (QED) is 0.324. The highest BCUT2D eigenvalue weighted by molar-refractivity contribution is 6.03. The van der Waals surface area contributed by atoms with Gasteiger partial charge in [-0.15, -0.1) is 5.10 Å². The fraction of sp³-hybridized carbons (Fsp3) is 0.276. The molecule has 0 aliphatic carbocycles. The summed E-state index contributed by atoms with van der Waals surface area (Å²) < 4.78 is 27.1. The number of hydrogen-bond donors (Lipinski definition) is 1. The number of fused-ring (bicyclic) bond motifs is 1. The van der Waals surface area contributed by atoms with Crippen molar-refractivity contribution in [2.24, 2.45) is 0 Å². The van der Waals surface area contributed by atoms with Gasteiger partial charge in [0.15, 0.2) is 11.7 Å². The average molecular weight is 542 g/mol. The zero-order valence-corrected chi connectivity index (χ0v) is 22.2. The molecule has 0 saturated carbocycles. The number of anilines is 1. The van der Waals surface area contributed by atoms with Crippen molar-refractivity contribution < 1.29 is 18.3 Å². The summed E-state index contributed by atoms with van der Waals surface area (Å²) in [7, 11) is 0. The van der Waals surface area contributed by atoms with Crippen LogP contribution in [0, 0.1) is 19.7 Å². The summed E-state index contributed by atoms with van der Waals surface area (Å²) >= 11 is 0. The minimum absolute atomic E-state index is 0.107. The maximum Gasteiger partial charge on any atom is 0.293 e. The predicted molar refractivity (Wildman–Crippen MR) is 147 cm³/mol. The maximum absolute atomic E-state index is 14.8. The smallest absolute Gasteiger partial charge is 0.293 e. The van der Waals surface area contributed by atoms with E-state index in [-0.39, 0.29) is 17.1 Å². The Kier molecular flexibility index (Phi) is 7.06. The highest BCUT2D eigenvalue weighted by atomic mass is 19.1. The molecule has 1 N–H and O–H groups in total. The second-order valence-electron chi connectivity index (χ2n) is 9.72. The first-order chi connectivity index (χ1) is 19.4. The van der Waals surface area contributed by atoms with Gasteiger partial charge in [0.05, 0.1) is 24.5 Å². The third-order valence-corrected chi connectivity index (χ3v) is 6.88. The van der Waals surface area contributed by atoms with E-state index in [1.807, 2.05) is 6.20 Å². The van der Waals surface area contributed by atoms with Crippen LogP contribution in [0.2, 0.25) is 0 Å². The first-order valence-corrected chi connectivity index (χ1v) is 13.1. The molecular weight excluding hydrogens is 513 g/mol. The molecule has 1 aliphatic rings. The lowest BCUT2D eigenvalue weighted by Crippen LogP contribution is -2.37. The number of carbonyl (C=O) groups excluding carboxylic acids is 1. The van der Waals surface area contributed by atoms with Crippen molar-refractivity contribution in [3.63, 3.8) is 0 Å². The molecule has 0 spiro atoms. The van der Waals surface area contributed by atoms with Gasteiger partial charge in [-0.1, -0.05) is 24.3 Å². The molecule has 0 bridgehead atoms. The lowest BCUT2D eigenvalue weighted by molar-refractivity contribution is 0.0384. The van der Waals surface area contributed by atoms with Crippen molar-refractivity contribution in [1.29, 1.82) is 0 Å². The van der Waals surface area contributed by atoms with Gasteiger partial charge < -0.3 is 14.5 Å². The molecule has 1 saturated heterocycles. The van der Waals surface area contributed by atoms with E-state index in [1.165, 1.54) is 28.3 Å². The van der Waals surface area contributed by atoms with Gasteiger partial charge in [-0.3, -0.25) is 9.69 Å². The molecule has 4 heterocycles. The van der Waals surface area contributed by atoms with Crippen LogP contribution in [0.25, 0.3) is 28.3 Å². The molecule has 40 heavy (non-hydrogen) atoms. The van der Waals surface area contributed by atoms with Crippen molar-refractivity contribution in [2.45, 2.75) is 20.3 Å². The highest BCUT2D eigenvalue weighted by Gasteiger charge is 2.18. The number of oxazole rings is 1. The second-order valence-corrected chi connectivity index (χ2v) is 9.72. The Bertz CT molecular complexity index is 1670. The van der Waals surface area contributed by atoms with Gasteiger partial charge in [-0.25, -0.2) is 18.9 Å². The molecule has 2 aromatic carbocycles. The Labute approximate surface area is 229 Å². The Hall–Kier alpha value is -4.48. The van der Waals surface area contributed by atoms with Crippen molar-refractivity contribution in [2.75, 3.05) is 38.2 Å². The lowest BCUT2D eigenvalue weighted by Gasteiger charge is -2.26. The average Bonchev–Trinajstić information content (AvgIpc) is 3.55. The summed E-state index contributed by atoms with van der Waals surface area (Å²) in [5.41, 5.74) is 4.11. The first-order valence-electron chi connectivity index (χ1n) is 13.1.